The van der Waals surface area contributed by atoms with Crippen LogP contribution in [-0.2, 0) is 6.54 Å². The molecule has 1 aromatic carbocycles. The van der Waals surface area contributed by atoms with Gasteiger partial charge in [0.25, 0.3) is 5.91 Å². The number of urea groups is 1. The summed E-state index contributed by atoms with van der Waals surface area (Å²) >= 11 is 0. The molecule has 0 radical (unpaired) electrons. The number of likely N-dealkylation sites (tertiary alicyclic amines) is 1. The Balaban J connectivity index is 1.55. The smallest absolute Gasteiger partial charge is 0.315 e. The number of carbonyl (C=O) groups excluding carboxylic acids is 2. The van der Waals surface area contributed by atoms with Gasteiger partial charge in [0.15, 0.2) is 0 Å². The number of methoxy groups -OCH3 is 1. The highest BCUT2D eigenvalue weighted by Crippen LogP contribution is 2.17. The number of ether oxygens (including phenoxy) is 1. The van der Waals surface area contributed by atoms with E-state index >= 15 is 0 Å². The zero-order valence-corrected chi connectivity index (χ0v) is 15.4. The van der Waals surface area contributed by atoms with Gasteiger partial charge in [0.05, 0.1) is 19.9 Å². The number of hydrogen-bond acceptors (Lipinski definition) is 4. The lowest BCUT2D eigenvalue weighted by Gasteiger charge is -2.25. The number of carbonyl (C=O) groups is 2. The molecule has 3 amide bonds. The second-order valence-corrected chi connectivity index (χ2v) is 6.58. The van der Waals surface area contributed by atoms with Crippen molar-refractivity contribution in [1.82, 2.24) is 15.5 Å². The molecular weight excluding hydrogens is 346 g/mol. The van der Waals surface area contributed by atoms with Crippen molar-refractivity contribution in [3.8, 4) is 5.75 Å². The number of hydrogen-bond donors (Lipinski definition) is 2. The second-order valence-electron chi connectivity index (χ2n) is 6.58. The normalized spacial score (nSPS) is 17.1. The van der Waals surface area contributed by atoms with Gasteiger partial charge in [-0.15, -0.1) is 0 Å². The van der Waals surface area contributed by atoms with E-state index in [1.54, 1.807) is 49.8 Å². The lowest BCUT2D eigenvalue weighted by atomic mass is 10.1. The van der Waals surface area contributed by atoms with Gasteiger partial charge in [-0.1, -0.05) is 0 Å². The van der Waals surface area contributed by atoms with Crippen LogP contribution in [0.5, 0.6) is 5.75 Å². The SMILES string of the molecule is COc1ccc(C(=O)N2CCCCC(NC(=O)NCc3ccco3)C2)cc1. The second kappa shape index (κ2) is 9.12. The van der Waals surface area contributed by atoms with Gasteiger partial charge in [-0.2, -0.15) is 0 Å². The zero-order chi connectivity index (χ0) is 19.1. The molecule has 1 unspecified atom stereocenters. The molecule has 1 aromatic heterocycles. The fourth-order valence-corrected chi connectivity index (χ4v) is 3.18. The van der Waals surface area contributed by atoms with Gasteiger partial charge in [-0.05, 0) is 55.7 Å². The summed E-state index contributed by atoms with van der Waals surface area (Å²) in [5.74, 6) is 1.39. The van der Waals surface area contributed by atoms with Gasteiger partial charge in [-0.3, -0.25) is 4.79 Å². The van der Waals surface area contributed by atoms with Crippen LogP contribution in [0, 0.1) is 0 Å². The minimum atomic E-state index is -0.254. The summed E-state index contributed by atoms with van der Waals surface area (Å²) in [5, 5.41) is 5.75. The summed E-state index contributed by atoms with van der Waals surface area (Å²) in [6, 6.07) is 10.4. The van der Waals surface area contributed by atoms with Gasteiger partial charge in [-0.25, -0.2) is 4.79 Å². The number of benzene rings is 1. The first kappa shape index (κ1) is 18.8. The van der Waals surface area contributed by atoms with Crippen molar-refractivity contribution in [2.45, 2.75) is 31.8 Å². The van der Waals surface area contributed by atoms with Crippen molar-refractivity contribution in [3.05, 3.63) is 54.0 Å². The van der Waals surface area contributed by atoms with Crippen LogP contribution < -0.4 is 15.4 Å². The molecule has 1 fully saturated rings. The molecule has 2 aromatic rings. The van der Waals surface area contributed by atoms with Crippen molar-refractivity contribution in [2.24, 2.45) is 0 Å². The van der Waals surface area contributed by atoms with Crippen LogP contribution in [0.15, 0.2) is 47.1 Å². The average molecular weight is 371 g/mol. The van der Waals surface area contributed by atoms with Crippen LogP contribution in [0.3, 0.4) is 0 Å². The number of nitrogens with one attached hydrogen (secondary N) is 2. The van der Waals surface area contributed by atoms with E-state index in [1.807, 2.05) is 4.90 Å². The highest BCUT2D eigenvalue weighted by atomic mass is 16.5. The third kappa shape index (κ3) is 5.26. The zero-order valence-electron chi connectivity index (χ0n) is 15.4. The van der Waals surface area contributed by atoms with E-state index in [9.17, 15) is 9.59 Å². The third-order valence-corrected chi connectivity index (χ3v) is 4.63. The molecule has 1 aliphatic rings. The Morgan fingerprint density at radius 1 is 1.22 bits per heavy atom. The molecule has 1 aliphatic heterocycles. The van der Waals surface area contributed by atoms with Crippen LogP contribution >= 0.6 is 0 Å². The van der Waals surface area contributed by atoms with Crippen molar-refractivity contribution >= 4 is 11.9 Å². The molecule has 1 atom stereocenters. The number of rotatable bonds is 5. The molecule has 2 heterocycles. The van der Waals surface area contributed by atoms with E-state index in [4.69, 9.17) is 9.15 Å². The average Bonchev–Trinajstić information content (AvgIpc) is 3.11. The fraction of sp³-hybridized carbons (Fsp3) is 0.400. The van der Waals surface area contributed by atoms with E-state index < -0.39 is 0 Å². The van der Waals surface area contributed by atoms with E-state index in [0.717, 1.165) is 25.0 Å². The van der Waals surface area contributed by atoms with Crippen LogP contribution in [-0.4, -0.2) is 43.1 Å². The predicted octanol–water partition coefficient (Wildman–Crippen LogP) is 2.78. The standard InChI is InChI=1S/C20H25N3O4/c1-26-17-9-7-15(8-10-17)19(24)23-11-3-2-5-16(14-23)22-20(25)21-13-18-6-4-12-27-18/h4,6-10,12,16H,2-3,5,11,13-14H2,1H3,(H2,21,22,25). The molecule has 0 aliphatic carbocycles. The molecule has 1 saturated heterocycles. The van der Waals surface area contributed by atoms with Crippen molar-refractivity contribution < 1.29 is 18.7 Å². The minimum Gasteiger partial charge on any atom is -0.497 e. The molecule has 144 valence electrons. The Kier molecular flexibility index (Phi) is 6.35. The van der Waals surface area contributed by atoms with Crippen LogP contribution in [0.2, 0.25) is 0 Å². The molecule has 3 rings (SSSR count). The number of nitrogens with zero attached hydrogens (tertiary/aromatic N) is 1. The van der Waals surface area contributed by atoms with Gasteiger partial charge in [0.1, 0.15) is 11.5 Å². The fourth-order valence-electron chi connectivity index (χ4n) is 3.18. The van der Waals surface area contributed by atoms with Gasteiger partial charge >= 0.3 is 6.03 Å². The topological polar surface area (TPSA) is 83.8 Å². The Labute approximate surface area is 158 Å². The Morgan fingerprint density at radius 3 is 2.74 bits per heavy atom. The van der Waals surface area contributed by atoms with E-state index in [0.29, 0.717) is 31.0 Å². The Morgan fingerprint density at radius 2 is 2.04 bits per heavy atom. The van der Waals surface area contributed by atoms with Crippen molar-refractivity contribution in [2.75, 3.05) is 20.2 Å². The van der Waals surface area contributed by atoms with E-state index in [1.165, 1.54) is 0 Å². The highest BCUT2D eigenvalue weighted by molar-refractivity contribution is 5.94. The number of furan rings is 1. The summed E-state index contributed by atoms with van der Waals surface area (Å²) in [5.41, 5.74) is 0.624. The predicted molar refractivity (Wildman–Crippen MR) is 101 cm³/mol. The maximum Gasteiger partial charge on any atom is 0.315 e. The molecule has 7 nitrogen and oxygen atoms in total. The molecule has 2 N–H and O–H groups in total. The van der Waals surface area contributed by atoms with Gasteiger partial charge in [0, 0.05) is 24.7 Å². The summed E-state index contributed by atoms with van der Waals surface area (Å²) in [6.07, 6.45) is 4.31. The lowest BCUT2D eigenvalue weighted by molar-refractivity contribution is 0.0750. The van der Waals surface area contributed by atoms with Crippen LogP contribution in [0.4, 0.5) is 4.79 Å². The highest BCUT2D eigenvalue weighted by Gasteiger charge is 2.24. The third-order valence-electron chi connectivity index (χ3n) is 4.63. The largest absolute Gasteiger partial charge is 0.497 e. The van der Waals surface area contributed by atoms with Crippen LogP contribution in [0.1, 0.15) is 35.4 Å². The van der Waals surface area contributed by atoms with Crippen molar-refractivity contribution in [1.29, 1.82) is 0 Å². The van der Waals surface area contributed by atoms with Gasteiger partial charge < -0.3 is 24.7 Å². The summed E-state index contributed by atoms with van der Waals surface area (Å²) < 4.78 is 10.3. The minimum absolute atomic E-state index is 0.0256. The first-order valence-corrected chi connectivity index (χ1v) is 9.16. The quantitative estimate of drug-likeness (QED) is 0.847. The molecule has 0 bridgehead atoms. The monoisotopic (exact) mass is 371 g/mol. The Hall–Kier alpha value is -2.96. The van der Waals surface area contributed by atoms with E-state index in [2.05, 4.69) is 10.6 Å². The first-order chi connectivity index (χ1) is 13.2. The lowest BCUT2D eigenvalue weighted by Crippen LogP contribution is -2.47. The van der Waals surface area contributed by atoms with Gasteiger partial charge in [0.2, 0.25) is 0 Å². The number of amides is 3. The Bertz CT molecular complexity index is 743. The summed E-state index contributed by atoms with van der Waals surface area (Å²) in [4.78, 5) is 26.8. The van der Waals surface area contributed by atoms with Crippen LogP contribution in [0.25, 0.3) is 0 Å². The summed E-state index contributed by atoms with van der Waals surface area (Å²) in [7, 11) is 1.60. The molecule has 27 heavy (non-hydrogen) atoms. The van der Waals surface area contributed by atoms with E-state index in [-0.39, 0.29) is 18.0 Å². The first-order valence-electron chi connectivity index (χ1n) is 9.16. The molecule has 7 heteroatoms. The molecule has 0 spiro atoms. The maximum absolute atomic E-state index is 12.8. The van der Waals surface area contributed by atoms with Crippen molar-refractivity contribution in [3.63, 3.8) is 0 Å². The summed E-state index contributed by atoms with van der Waals surface area (Å²) in [6.45, 7) is 1.52. The molecule has 0 saturated carbocycles. The maximum atomic E-state index is 12.8. The molecular formula is C20H25N3O4.